The molecule has 0 aliphatic heterocycles. The summed E-state index contributed by atoms with van der Waals surface area (Å²) in [5.74, 6) is 0.984. The maximum atomic E-state index is 12.7. The first-order valence-electron chi connectivity index (χ1n) is 9.18. The predicted octanol–water partition coefficient (Wildman–Crippen LogP) is 5.03. The highest BCUT2D eigenvalue weighted by molar-refractivity contribution is 5.92. The molecule has 0 spiro atoms. The number of rotatable bonds is 8. The average molecular weight is 408 g/mol. The summed E-state index contributed by atoms with van der Waals surface area (Å²) in [5, 5.41) is 0.681. The van der Waals surface area contributed by atoms with Crippen LogP contribution < -0.4 is 19.9 Å². The minimum Gasteiger partial charge on any atom is -0.497 e. The highest BCUT2D eigenvalue weighted by Crippen LogP contribution is 2.37. The highest BCUT2D eigenvalue weighted by atomic mass is 19.4. The molecule has 1 heterocycles. The van der Waals surface area contributed by atoms with Gasteiger partial charge in [0.1, 0.15) is 17.2 Å². The molecule has 0 saturated carbocycles. The van der Waals surface area contributed by atoms with Crippen molar-refractivity contribution in [1.29, 1.82) is 0 Å². The molecule has 0 aliphatic rings. The molecule has 0 unspecified atom stereocenters. The molecule has 2 aromatic carbocycles. The Morgan fingerprint density at radius 2 is 1.62 bits per heavy atom. The molecular formula is C21H23F3N2O3. The molecular weight excluding hydrogens is 385 g/mol. The number of benzene rings is 2. The summed E-state index contributed by atoms with van der Waals surface area (Å²) in [5.41, 5.74) is 8.86. The van der Waals surface area contributed by atoms with E-state index in [0.29, 0.717) is 29.9 Å². The molecule has 1 aromatic heterocycles. The van der Waals surface area contributed by atoms with E-state index in [-0.39, 0.29) is 5.75 Å². The molecule has 3 rings (SSSR count). The molecule has 0 radical (unpaired) electrons. The molecule has 0 amide bonds. The number of aromatic nitrogens is 1. The van der Waals surface area contributed by atoms with E-state index in [4.69, 9.17) is 15.2 Å². The highest BCUT2D eigenvalue weighted by Gasteiger charge is 2.31. The number of ether oxygens (including phenoxy) is 3. The van der Waals surface area contributed by atoms with Gasteiger partial charge in [0.25, 0.3) is 0 Å². The second-order valence-electron chi connectivity index (χ2n) is 6.58. The lowest BCUT2D eigenvalue weighted by Crippen LogP contribution is -2.16. The van der Waals surface area contributed by atoms with Gasteiger partial charge < -0.3 is 24.9 Å². The fraction of sp³-hybridized carbons (Fsp3) is 0.333. The number of nitrogens with two attached hydrogens (primary N) is 1. The van der Waals surface area contributed by atoms with Crippen LogP contribution in [0.1, 0.15) is 18.4 Å². The fourth-order valence-electron chi connectivity index (χ4n) is 3.33. The molecule has 0 aliphatic carbocycles. The van der Waals surface area contributed by atoms with Gasteiger partial charge >= 0.3 is 6.36 Å². The Morgan fingerprint density at radius 1 is 0.931 bits per heavy atom. The number of H-pyrrole nitrogens is 1. The maximum Gasteiger partial charge on any atom is 0.573 e. The number of aryl methyl sites for hydroxylation is 1. The smallest absolute Gasteiger partial charge is 0.497 e. The number of fused-ring (bicyclic) bond motifs is 1. The van der Waals surface area contributed by atoms with E-state index in [1.54, 1.807) is 26.4 Å². The van der Waals surface area contributed by atoms with Gasteiger partial charge in [-0.2, -0.15) is 0 Å². The van der Waals surface area contributed by atoms with Crippen LogP contribution in [0, 0.1) is 0 Å². The normalized spacial score (nSPS) is 11.7. The first-order chi connectivity index (χ1) is 13.8. The number of methoxy groups -OCH3 is 2. The largest absolute Gasteiger partial charge is 0.573 e. The second kappa shape index (κ2) is 8.65. The van der Waals surface area contributed by atoms with Crippen molar-refractivity contribution < 1.29 is 27.4 Å². The Morgan fingerprint density at radius 3 is 2.21 bits per heavy atom. The van der Waals surface area contributed by atoms with E-state index in [2.05, 4.69) is 9.72 Å². The first kappa shape index (κ1) is 20.9. The summed E-state index contributed by atoms with van der Waals surface area (Å²) in [6.45, 7) is 0.549. The lowest BCUT2D eigenvalue weighted by Gasteiger charge is -2.10. The summed E-state index contributed by atoms with van der Waals surface area (Å²) in [6, 6.07) is 9.77. The van der Waals surface area contributed by atoms with Crippen LogP contribution in [0.2, 0.25) is 0 Å². The number of aromatic amines is 1. The predicted molar refractivity (Wildman–Crippen MR) is 106 cm³/mol. The number of hydrogen-bond donors (Lipinski definition) is 2. The van der Waals surface area contributed by atoms with Crippen molar-refractivity contribution in [2.75, 3.05) is 20.8 Å². The molecule has 0 fully saturated rings. The Balaban J connectivity index is 2.14. The monoisotopic (exact) mass is 408 g/mol. The van der Waals surface area contributed by atoms with E-state index in [1.165, 1.54) is 12.1 Å². The van der Waals surface area contributed by atoms with Crippen LogP contribution in [0.3, 0.4) is 0 Å². The van der Waals surface area contributed by atoms with Gasteiger partial charge in [0, 0.05) is 28.2 Å². The van der Waals surface area contributed by atoms with E-state index in [0.717, 1.165) is 35.2 Å². The van der Waals surface area contributed by atoms with Crippen molar-refractivity contribution >= 4 is 10.9 Å². The van der Waals surface area contributed by atoms with Gasteiger partial charge in [-0.15, -0.1) is 13.2 Å². The molecule has 0 saturated heterocycles. The first-order valence-corrected chi connectivity index (χ1v) is 9.18. The van der Waals surface area contributed by atoms with Gasteiger partial charge in [-0.1, -0.05) is 0 Å². The Kier molecular flexibility index (Phi) is 6.22. The van der Waals surface area contributed by atoms with Gasteiger partial charge in [0.05, 0.1) is 14.2 Å². The van der Waals surface area contributed by atoms with Crippen LogP contribution in [0.15, 0.2) is 36.4 Å². The number of nitrogens with one attached hydrogen (secondary N) is 1. The van der Waals surface area contributed by atoms with E-state index in [9.17, 15) is 13.2 Å². The molecule has 3 aromatic rings. The van der Waals surface area contributed by atoms with Gasteiger partial charge in [0.2, 0.25) is 0 Å². The molecule has 156 valence electrons. The minimum absolute atomic E-state index is 0.251. The van der Waals surface area contributed by atoms with Crippen LogP contribution >= 0.6 is 0 Å². The van der Waals surface area contributed by atoms with Gasteiger partial charge in [0.15, 0.2) is 0 Å². The van der Waals surface area contributed by atoms with Crippen molar-refractivity contribution in [3.63, 3.8) is 0 Å². The Bertz CT molecular complexity index is 961. The number of halogens is 3. The summed E-state index contributed by atoms with van der Waals surface area (Å²) < 4.78 is 52.8. The third-order valence-corrected chi connectivity index (χ3v) is 4.63. The zero-order valence-corrected chi connectivity index (χ0v) is 16.2. The molecule has 3 N–H and O–H groups in total. The van der Waals surface area contributed by atoms with E-state index >= 15 is 0 Å². The van der Waals surface area contributed by atoms with Crippen molar-refractivity contribution in [3.05, 3.63) is 42.0 Å². The van der Waals surface area contributed by atoms with Crippen LogP contribution in [0.25, 0.3) is 22.2 Å². The van der Waals surface area contributed by atoms with Crippen LogP contribution in [0.4, 0.5) is 13.2 Å². The SMILES string of the molecule is COc1cc(OC)cc(-c2[nH]c3ccc(OC(F)(F)F)cc3c2CCCCN)c1. The second-order valence-corrected chi connectivity index (χ2v) is 6.58. The molecule has 29 heavy (non-hydrogen) atoms. The number of hydrogen-bond acceptors (Lipinski definition) is 4. The standard InChI is InChI=1S/C21H23F3N2O3/c1-27-15-9-13(10-16(11-15)28-2)20-17(5-3-4-8-25)18-12-14(29-21(22,23)24)6-7-19(18)26-20/h6-7,9-12,26H,3-5,8,25H2,1-2H3. The van der Waals surface area contributed by atoms with Crippen molar-refractivity contribution in [1.82, 2.24) is 4.98 Å². The van der Waals surface area contributed by atoms with Crippen molar-refractivity contribution in [3.8, 4) is 28.5 Å². The average Bonchev–Trinajstić information content (AvgIpc) is 3.04. The number of unbranched alkanes of at least 4 members (excludes halogenated alkanes) is 1. The van der Waals surface area contributed by atoms with Crippen LogP contribution in [0.5, 0.6) is 17.2 Å². The van der Waals surface area contributed by atoms with E-state index in [1.807, 2.05) is 12.1 Å². The molecule has 8 heteroatoms. The zero-order valence-electron chi connectivity index (χ0n) is 16.2. The van der Waals surface area contributed by atoms with Crippen molar-refractivity contribution in [2.45, 2.75) is 25.6 Å². The topological polar surface area (TPSA) is 69.5 Å². The number of alkyl halides is 3. The van der Waals surface area contributed by atoms with Gasteiger partial charge in [-0.05, 0) is 61.7 Å². The summed E-state index contributed by atoms with van der Waals surface area (Å²) in [7, 11) is 3.12. The fourth-order valence-corrected chi connectivity index (χ4v) is 3.33. The lowest BCUT2D eigenvalue weighted by atomic mass is 10.00. The third kappa shape index (κ3) is 4.95. The zero-order chi connectivity index (χ0) is 21.0. The van der Waals surface area contributed by atoms with Crippen molar-refractivity contribution in [2.24, 2.45) is 5.73 Å². The van der Waals surface area contributed by atoms with Gasteiger partial charge in [-0.25, -0.2) is 0 Å². The molecule has 0 atom stereocenters. The quantitative estimate of drug-likeness (QED) is 0.513. The third-order valence-electron chi connectivity index (χ3n) is 4.63. The summed E-state index contributed by atoms with van der Waals surface area (Å²) >= 11 is 0. The Labute approximate surface area is 166 Å². The Hall–Kier alpha value is -2.87. The molecule has 5 nitrogen and oxygen atoms in total. The summed E-state index contributed by atoms with van der Waals surface area (Å²) in [4.78, 5) is 3.32. The summed E-state index contributed by atoms with van der Waals surface area (Å²) in [6.07, 6.45) is -2.47. The van der Waals surface area contributed by atoms with Crippen LogP contribution in [-0.4, -0.2) is 32.1 Å². The van der Waals surface area contributed by atoms with Crippen LogP contribution in [-0.2, 0) is 6.42 Å². The van der Waals surface area contributed by atoms with E-state index < -0.39 is 6.36 Å². The maximum absolute atomic E-state index is 12.7. The van der Waals surface area contributed by atoms with Gasteiger partial charge in [-0.3, -0.25) is 0 Å². The minimum atomic E-state index is -4.74. The lowest BCUT2D eigenvalue weighted by molar-refractivity contribution is -0.274. The molecule has 0 bridgehead atoms.